The molecule has 0 aliphatic carbocycles. The van der Waals surface area contributed by atoms with Crippen molar-refractivity contribution in [3.63, 3.8) is 0 Å². The van der Waals surface area contributed by atoms with Gasteiger partial charge in [0.25, 0.3) is 10.0 Å². The van der Waals surface area contributed by atoms with E-state index in [1.807, 2.05) is 24.3 Å². The van der Waals surface area contributed by atoms with Crippen LogP contribution in [0.15, 0.2) is 83.9 Å². The van der Waals surface area contributed by atoms with Gasteiger partial charge in [-0.1, -0.05) is 12.1 Å². The van der Waals surface area contributed by atoms with Crippen LogP contribution in [0.25, 0.3) is 17.1 Å². The molecule has 166 valence electrons. The number of nitrogens with one attached hydrogen (secondary N) is 2. The molecule has 0 unspecified atom stereocenters. The van der Waals surface area contributed by atoms with E-state index in [1.54, 1.807) is 6.20 Å². The van der Waals surface area contributed by atoms with Gasteiger partial charge in [-0.05, 0) is 60.7 Å². The lowest BCUT2D eigenvalue weighted by molar-refractivity contribution is -0.111. The van der Waals surface area contributed by atoms with E-state index in [0.29, 0.717) is 23.0 Å². The fourth-order valence-corrected chi connectivity index (χ4v) is 3.95. The first-order valence-corrected chi connectivity index (χ1v) is 11.1. The van der Waals surface area contributed by atoms with Crippen LogP contribution < -0.4 is 10.0 Å². The van der Waals surface area contributed by atoms with Crippen LogP contribution in [0.5, 0.6) is 0 Å². The van der Waals surface area contributed by atoms with E-state index in [0.717, 1.165) is 17.6 Å². The summed E-state index contributed by atoms with van der Waals surface area (Å²) >= 11 is 0. The number of anilines is 2. The normalized spacial score (nSPS) is 11.6. The monoisotopic (exact) mass is 466 g/mol. The SMILES string of the molecule is O=C(/C=C/c1cnc2ccccc2n1)Nc1ccc(NS(=O)(=O)c2ccc(F)c(F)c2)cc1. The zero-order valence-electron chi connectivity index (χ0n) is 16.9. The van der Waals surface area contributed by atoms with Crippen LogP contribution >= 0.6 is 0 Å². The number of fused-ring (bicyclic) bond motifs is 1. The van der Waals surface area contributed by atoms with Crippen LogP contribution in [0.3, 0.4) is 0 Å². The minimum atomic E-state index is -4.11. The molecule has 0 aliphatic heterocycles. The van der Waals surface area contributed by atoms with Crippen LogP contribution in [-0.4, -0.2) is 24.3 Å². The summed E-state index contributed by atoms with van der Waals surface area (Å²) in [4.78, 5) is 20.4. The Morgan fingerprint density at radius 1 is 0.879 bits per heavy atom. The third kappa shape index (κ3) is 5.36. The lowest BCUT2D eigenvalue weighted by Crippen LogP contribution is -2.13. The number of amides is 1. The van der Waals surface area contributed by atoms with Gasteiger partial charge in [0.1, 0.15) is 0 Å². The van der Waals surface area contributed by atoms with Gasteiger partial charge in [0.2, 0.25) is 5.91 Å². The number of sulfonamides is 1. The van der Waals surface area contributed by atoms with E-state index in [9.17, 15) is 22.0 Å². The van der Waals surface area contributed by atoms with Gasteiger partial charge < -0.3 is 5.32 Å². The zero-order chi connectivity index (χ0) is 23.4. The predicted molar refractivity (Wildman–Crippen MR) is 121 cm³/mol. The molecule has 1 aromatic heterocycles. The number of carbonyl (C=O) groups excluding carboxylic acids is 1. The largest absolute Gasteiger partial charge is 0.323 e. The summed E-state index contributed by atoms with van der Waals surface area (Å²) in [7, 11) is -4.11. The molecule has 7 nitrogen and oxygen atoms in total. The summed E-state index contributed by atoms with van der Waals surface area (Å²) in [5, 5.41) is 2.64. The molecule has 4 rings (SSSR count). The van der Waals surface area contributed by atoms with Crippen LogP contribution in [0.4, 0.5) is 20.2 Å². The summed E-state index contributed by atoms with van der Waals surface area (Å²) in [6.45, 7) is 0. The molecule has 0 radical (unpaired) electrons. The van der Waals surface area contributed by atoms with Gasteiger partial charge in [-0.15, -0.1) is 0 Å². The van der Waals surface area contributed by atoms with E-state index in [4.69, 9.17) is 0 Å². The van der Waals surface area contributed by atoms with Gasteiger partial charge in [-0.25, -0.2) is 22.2 Å². The second-order valence-corrected chi connectivity index (χ2v) is 8.55. The Bertz CT molecular complexity index is 1470. The molecule has 33 heavy (non-hydrogen) atoms. The zero-order valence-corrected chi connectivity index (χ0v) is 17.7. The number of aromatic nitrogens is 2. The Morgan fingerprint density at radius 3 is 2.30 bits per heavy atom. The van der Waals surface area contributed by atoms with Gasteiger partial charge in [0, 0.05) is 17.5 Å². The van der Waals surface area contributed by atoms with Gasteiger partial charge in [-0.3, -0.25) is 14.5 Å². The van der Waals surface area contributed by atoms with Crippen molar-refractivity contribution in [1.82, 2.24) is 9.97 Å². The van der Waals surface area contributed by atoms with E-state index in [1.165, 1.54) is 36.4 Å². The smallest absolute Gasteiger partial charge is 0.261 e. The van der Waals surface area contributed by atoms with Crippen molar-refractivity contribution in [2.75, 3.05) is 10.0 Å². The predicted octanol–water partition coefficient (Wildman–Crippen LogP) is 4.36. The van der Waals surface area contributed by atoms with Crippen molar-refractivity contribution in [2.24, 2.45) is 0 Å². The molecular formula is C23H16F2N4O3S. The number of rotatable bonds is 6. The molecule has 0 saturated heterocycles. The van der Waals surface area contributed by atoms with Crippen molar-refractivity contribution >= 4 is 44.4 Å². The Morgan fingerprint density at radius 2 is 1.58 bits per heavy atom. The molecular weight excluding hydrogens is 450 g/mol. The van der Waals surface area contributed by atoms with Crippen molar-refractivity contribution in [3.8, 4) is 0 Å². The minimum Gasteiger partial charge on any atom is -0.323 e. The summed E-state index contributed by atoms with van der Waals surface area (Å²) in [5.41, 5.74) is 2.58. The van der Waals surface area contributed by atoms with Gasteiger partial charge in [0.05, 0.1) is 27.8 Å². The highest BCUT2D eigenvalue weighted by molar-refractivity contribution is 7.92. The Hall–Kier alpha value is -4.18. The van der Waals surface area contributed by atoms with Crippen molar-refractivity contribution in [2.45, 2.75) is 4.90 Å². The van der Waals surface area contributed by atoms with E-state index in [2.05, 4.69) is 20.0 Å². The van der Waals surface area contributed by atoms with Crippen molar-refractivity contribution < 1.29 is 22.0 Å². The van der Waals surface area contributed by atoms with Gasteiger partial charge in [-0.2, -0.15) is 0 Å². The average molecular weight is 466 g/mol. The first kappa shape index (κ1) is 22.0. The van der Waals surface area contributed by atoms with E-state index in [-0.39, 0.29) is 5.69 Å². The number of nitrogens with zero attached hydrogens (tertiary/aromatic N) is 2. The van der Waals surface area contributed by atoms with Gasteiger partial charge >= 0.3 is 0 Å². The molecule has 1 amide bonds. The molecule has 0 spiro atoms. The maximum Gasteiger partial charge on any atom is 0.261 e. The number of carbonyl (C=O) groups is 1. The second-order valence-electron chi connectivity index (χ2n) is 6.86. The van der Waals surface area contributed by atoms with Crippen LogP contribution in [0, 0.1) is 11.6 Å². The molecule has 1 heterocycles. The first-order chi connectivity index (χ1) is 15.8. The van der Waals surface area contributed by atoms with E-state index >= 15 is 0 Å². The maximum atomic E-state index is 13.3. The van der Waals surface area contributed by atoms with Gasteiger partial charge in [0.15, 0.2) is 11.6 Å². The Kier molecular flexibility index (Phi) is 6.09. The van der Waals surface area contributed by atoms with Crippen LogP contribution in [0.1, 0.15) is 5.69 Å². The molecule has 0 saturated carbocycles. The lowest BCUT2D eigenvalue weighted by Gasteiger charge is -2.09. The van der Waals surface area contributed by atoms with Crippen LogP contribution in [-0.2, 0) is 14.8 Å². The lowest BCUT2D eigenvalue weighted by atomic mass is 10.2. The summed E-state index contributed by atoms with van der Waals surface area (Å²) < 4.78 is 53.3. The fraction of sp³-hybridized carbons (Fsp3) is 0. The molecule has 0 atom stereocenters. The summed E-state index contributed by atoms with van der Waals surface area (Å²) in [6, 6.07) is 15.5. The standard InChI is InChI=1S/C23H16F2N4O3S/c24-19-11-10-18(13-20(19)25)33(31,32)29-16-7-5-15(6-8-16)28-23(30)12-9-17-14-26-21-3-1-2-4-22(21)27-17/h1-14,29H,(H,28,30)/b12-9+. The molecule has 4 aromatic rings. The second kappa shape index (κ2) is 9.13. The maximum absolute atomic E-state index is 13.3. The highest BCUT2D eigenvalue weighted by Crippen LogP contribution is 2.20. The third-order valence-electron chi connectivity index (χ3n) is 4.48. The minimum absolute atomic E-state index is 0.180. The number of para-hydroxylation sites is 2. The van der Waals surface area contributed by atoms with Crippen molar-refractivity contribution in [1.29, 1.82) is 0 Å². The van der Waals surface area contributed by atoms with Crippen molar-refractivity contribution in [3.05, 3.63) is 96.3 Å². The van der Waals surface area contributed by atoms with E-state index < -0.39 is 32.5 Å². The average Bonchev–Trinajstić information content (AvgIpc) is 2.80. The Balaban J connectivity index is 1.39. The number of benzene rings is 3. The topological polar surface area (TPSA) is 101 Å². The highest BCUT2D eigenvalue weighted by atomic mass is 32.2. The van der Waals surface area contributed by atoms with Crippen LogP contribution in [0.2, 0.25) is 0 Å². The summed E-state index contributed by atoms with van der Waals surface area (Å²) in [5.74, 6) is -2.82. The quantitative estimate of drug-likeness (QED) is 0.411. The molecule has 0 fully saturated rings. The Labute approximate surface area is 187 Å². The number of hydrogen-bond acceptors (Lipinski definition) is 5. The summed E-state index contributed by atoms with van der Waals surface area (Å²) in [6.07, 6.45) is 4.39. The first-order valence-electron chi connectivity index (χ1n) is 9.59. The molecule has 10 heteroatoms. The molecule has 0 aliphatic rings. The number of halogens is 2. The molecule has 3 aromatic carbocycles. The number of hydrogen-bond donors (Lipinski definition) is 2. The third-order valence-corrected chi connectivity index (χ3v) is 5.86. The molecule has 0 bridgehead atoms. The highest BCUT2D eigenvalue weighted by Gasteiger charge is 2.16. The fourth-order valence-electron chi connectivity index (χ4n) is 2.88. The molecule has 2 N–H and O–H groups in total.